The van der Waals surface area contributed by atoms with Gasteiger partial charge < -0.3 is 0 Å². The summed E-state index contributed by atoms with van der Waals surface area (Å²) in [5.74, 6) is 0. The van der Waals surface area contributed by atoms with Crippen LogP contribution in [0.15, 0.2) is 44.4 Å². The molecule has 1 aromatic heterocycles. The molecule has 1 heterocycles. The predicted octanol–water partition coefficient (Wildman–Crippen LogP) is 2.82. The monoisotopic (exact) mass is 393 g/mol. The molecule has 0 saturated carbocycles. The van der Waals surface area contributed by atoms with Crippen LogP contribution in [0.5, 0.6) is 0 Å². The molecule has 0 amide bonds. The largest absolute Gasteiger partial charge is 0.330 e. The lowest BCUT2D eigenvalue weighted by molar-refractivity contribution is 0.195. The molecule has 0 aliphatic carbocycles. The van der Waals surface area contributed by atoms with Gasteiger partial charge in [-0.05, 0) is 31.5 Å². The Balaban J connectivity index is 2.38. The first-order chi connectivity index (χ1) is 11.4. The molecule has 1 aromatic carbocycles. The van der Waals surface area contributed by atoms with Gasteiger partial charge in [-0.1, -0.05) is 41.1 Å². The molecular formula is C18H24BrN3O2. The summed E-state index contributed by atoms with van der Waals surface area (Å²) < 4.78 is 3.75. The zero-order valence-electron chi connectivity index (χ0n) is 14.6. The summed E-state index contributed by atoms with van der Waals surface area (Å²) in [5, 5.41) is 0. The van der Waals surface area contributed by atoms with Crippen LogP contribution in [0.4, 0.5) is 0 Å². The molecule has 6 heteroatoms. The fraction of sp³-hybridized carbons (Fsp3) is 0.444. The van der Waals surface area contributed by atoms with E-state index in [1.807, 2.05) is 18.2 Å². The van der Waals surface area contributed by atoms with Crippen molar-refractivity contribution in [3.8, 4) is 0 Å². The van der Waals surface area contributed by atoms with E-state index in [1.165, 1.54) is 12.6 Å². The standard InChI is InChI=1S/C18H24BrN3O2/c1-5-10-22(13(2)15-8-6-7-9-16(15)19)12-14-11-17(23)21(4)18(24)20(14)3/h6-9,11,13H,5,10,12H2,1-4H3. The normalized spacial score (nSPS) is 12.6. The van der Waals surface area contributed by atoms with Crippen molar-refractivity contribution < 1.29 is 0 Å². The molecule has 0 bridgehead atoms. The van der Waals surface area contributed by atoms with E-state index in [-0.39, 0.29) is 17.3 Å². The number of benzene rings is 1. The van der Waals surface area contributed by atoms with Crippen molar-refractivity contribution in [1.29, 1.82) is 0 Å². The number of aromatic nitrogens is 2. The summed E-state index contributed by atoms with van der Waals surface area (Å²) in [6.45, 7) is 5.71. The second-order valence-corrected chi connectivity index (χ2v) is 6.90. The van der Waals surface area contributed by atoms with Gasteiger partial charge in [0.15, 0.2) is 0 Å². The van der Waals surface area contributed by atoms with Crippen molar-refractivity contribution in [2.75, 3.05) is 6.54 Å². The van der Waals surface area contributed by atoms with E-state index < -0.39 is 0 Å². The van der Waals surface area contributed by atoms with Crippen LogP contribution < -0.4 is 11.2 Å². The lowest BCUT2D eigenvalue weighted by Gasteiger charge is -2.30. The summed E-state index contributed by atoms with van der Waals surface area (Å²) in [4.78, 5) is 26.4. The number of nitrogens with zero attached hydrogens (tertiary/aromatic N) is 3. The first-order valence-corrected chi connectivity index (χ1v) is 8.90. The van der Waals surface area contributed by atoms with Crippen molar-refractivity contribution in [3.05, 3.63) is 66.9 Å². The second-order valence-electron chi connectivity index (χ2n) is 6.04. The van der Waals surface area contributed by atoms with Crippen LogP contribution >= 0.6 is 15.9 Å². The number of hydrogen-bond acceptors (Lipinski definition) is 3. The van der Waals surface area contributed by atoms with E-state index in [4.69, 9.17) is 0 Å². The second kappa shape index (κ2) is 7.94. The van der Waals surface area contributed by atoms with Crippen molar-refractivity contribution in [3.63, 3.8) is 0 Å². The third-order valence-corrected chi connectivity index (χ3v) is 5.13. The highest BCUT2D eigenvalue weighted by Crippen LogP contribution is 2.28. The van der Waals surface area contributed by atoms with Gasteiger partial charge in [0.25, 0.3) is 5.56 Å². The minimum atomic E-state index is -0.289. The van der Waals surface area contributed by atoms with Crippen LogP contribution in [-0.4, -0.2) is 20.6 Å². The first kappa shape index (κ1) is 18.7. The maximum absolute atomic E-state index is 12.1. The lowest BCUT2D eigenvalue weighted by Crippen LogP contribution is -2.40. The molecule has 0 N–H and O–H groups in total. The van der Waals surface area contributed by atoms with Gasteiger partial charge in [0, 0.05) is 42.9 Å². The molecular weight excluding hydrogens is 370 g/mol. The highest BCUT2D eigenvalue weighted by Gasteiger charge is 2.19. The third kappa shape index (κ3) is 3.87. The molecule has 0 fully saturated rings. The van der Waals surface area contributed by atoms with Gasteiger partial charge in [0.05, 0.1) is 0 Å². The Morgan fingerprint density at radius 1 is 1.17 bits per heavy atom. The molecule has 130 valence electrons. The summed E-state index contributed by atoms with van der Waals surface area (Å²) in [5.41, 5.74) is 1.37. The van der Waals surface area contributed by atoms with Gasteiger partial charge >= 0.3 is 5.69 Å². The maximum atomic E-state index is 12.1. The molecule has 0 aliphatic rings. The molecule has 0 saturated heterocycles. The van der Waals surface area contributed by atoms with Crippen molar-refractivity contribution in [1.82, 2.24) is 14.0 Å². The highest BCUT2D eigenvalue weighted by atomic mass is 79.9. The van der Waals surface area contributed by atoms with E-state index in [1.54, 1.807) is 17.7 Å². The van der Waals surface area contributed by atoms with Gasteiger partial charge in [-0.15, -0.1) is 0 Å². The van der Waals surface area contributed by atoms with E-state index in [0.29, 0.717) is 6.54 Å². The molecule has 5 nitrogen and oxygen atoms in total. The molecule has 24 heavy (non-hydrogen) atoms. The Hall–Kier alpha value is -1.66. The quantitative estimate of drug-likeness (QED) is 0.757. The Morgan fingerprint density at radius 3 is 2.46 bits per heavy atom. The van der Waals surface area contributed by atoms with Gasteiger partial charge in [-0.3, -0.25) is 18.8 Å². The fourth-order valence-electron chi connectivity index (χ4n) is 2.85. The van der Waals surface area contributed by atoms with E-state index in [2.05, 4.69) is 40.7 Å². The third-order valence-electron chi connectivity index (χ3n) is 4.40. The summed E-state index contributed by atoms with van der Waals surface area (Å²) in [7, 11) is 3.21. The SMILES string of the molecule is CCCN(Cc1cc(=O)n(C)c(=O)n1C)C(C)c1ccccc1Br. The van der Waals surface area contributed by atoms with Gasteiger partial charge in [0.1, 0.15) is 0 Å². The number of rotatable bonds is 6. The van der Waals surface area contributed by atoms with Crippen LogP contribution in [0.1, 0.15) is 37.6 Å². The van der Waals surface area contributed by atoms with Crippen molar-refractivity contribution in [2.45, 2.75) is 32.9 Å². The Morgan fingerprint density at radius 2 is 1.83 bits per heavy atom. The van der Waals surface area contributed by atoms with Crippen molar-refractivity contribution in [2.24, 2.45) is 14.1 Å². The topological polar surface area (TPSA) is 47.2 Å². The average Bonchev–Trinajstić information content (AvgIpc) is 2.57. The Kier molecular flexibility index (Phi) is 6.18. The molecule has 0 spiro atoms. The zero-order valence-corrected chi connectivity index (χ0v) is 16.2. The number of hydrogen-bond donors (Lipinski definition) is 0. The molecule has 1 unspecified atom stereocenters. The van der Waals surface area contributed by atoms with E-state index in [9.17, 15) is 9.59 Å². The fourth-order valence-corrected chi connectivity index (χ4v) is 3.46. The van der Waals surface area contributed by atoms with Crippen molar-refractivity contribution >= 4 is 15.9 Å². The molecule has 2 rings (SSSR count). The zero-order chi connectivity index (χ0) is 17.9. The molecule has 0 aliphatic heterocycles. The molecule has 1 atom stereocenters. The minimum Gasteiger partial charge on any atom is -0.299 e. The van der Waals surface area contributed by atoms with E-state index in [0.717, 1.165) is 27.7 Å². The summed E-state index contributed by atoms with van der Waals surface area (Å²) >= 11 is 3.61. The van der Waals surface area contributed by atoms with Crippen LogP contribution in [0.25, 0.3) is 0 Å². The van der Waals surface area contributed by atoms with Gasteiger partial charge in [-0.2, -0.15) is 0 Å². The predicted molar refractivity (Wildman–Crippen MR) is 100 cm³/mol. The van der Waals surface area contributed by atoms with Gasteiger partial charge in [0.2, 0.25) is 0 Å². The summed E-state index contributed by atoms with van der Waals surface area (Å²) in [6.07, 6.45) is 0.994. The van der Waals surface area contributed by atoms with Crippen LogP contribution in [0.2, 0.25) is 0 Å². The van der Waals surface area contributed by atoms with Gasteiger partial charge in [-0.25, -0.2) is 4.79 Å². The smallest absolute Gasteiger partial charge is 0.299 e. The summed E-state index contributed by atoms with van der Waals surface area (Å²) in [6, 6.07) is 9.87. The maximum Gasteiger partial charge on any atom is 0.330 e. The molecule has 2 aromatic rings. The first-order valence-electron chi connectivity index (χ1n) is 8.11. The van der Waals surface area contributed by atoms with Crippen LogP contribution in [0, 0.1) is 0 Å². The Bertz CT molecular complexity index is 826. The van der Waals surface area contributed by atoms with Crippen LogP contribution in [0.3, 0.4) is 0 Å². The molecule has 0 radical (unpaired) electrons. The number of halogens is 1. The highest BCUT2D eigenvalue weighted by molar-refractivity contribution is 9.10. The Labute approximate surface area is 150 Å². The van der Waals surface area contributed by atoms with E-state index >= 15 is 0 Å². The van der Waals surface area contributed by atoms with Crippen LogP contribution in [-0.2, 0) is 20.6 Å². The lowest BCUT2D eigenvalue weighted by atomic mass is 10.1. The average molecular weight is 394 g/mol. The minimum absolute atomic E-state index is 0.166.